The summed E-state index contributed by atoms with van der Waals surface area (Å²) in [7, 11) is -2.67. The van der Waals surface area contributed by atoms with Crippen molar-refractivity contribution in [1.29, 1.82) is 0 Å². The molecule has 0 aliphatic carbocycles. The first kappa shape index (κ1) is 25.3. The molecule has 0 radical (unpaired) electrons. The maximum Gasteiger partial charge on any atom is 0.338 e. The second-order valence-corrected chi connectivity index (χ2v) is 10.1. The summed E-state index contributed by atoms with van der Waals surface area (Å²) in [5, 5.41) is 6.17. The lowest BCUT2D eigenvalue weighted by molar-refractivity contribution is 0.0526. The van der Waals surface area contributed by atoms with Crippen LogP contribution in [0.4, 0.5) is 17.1 Å². The summed E-state index contributed by atoms with van der Waals surface area (Å²) >= 11 is 6.08. The molecule has 0 spiro atoms. The Bertz CT molecular complexity index is 1410. The number of sulfonamides is 1. The molecule has 1 amide bonds. The van der Waals surface area contributed by atoms with E-state index in [1.165, 1.54) is 29.6 Å². The molecule has 0 unspecified atom stereocenters. The zero-order valence-corrected chi connectivity index (χ0v) is 21.2. The van der Waals surface area contributed by atoms with E-state index in [1.54, 1.807) is 49.4 Å². The fraction of sp³-hybridized carbons (Fsp3) is 0.200. The molecular weight excluding hydrogens is 506 g/mol. The molecule has 0 saturated heterocycles. The molecule has 11 heteroatoms. The number of nitrogens with one attached hydrogen (secondary N) is 2. The van der Waals surface area contributed by atoms with E-state index >= 15 is 0 Å². The maximum absolute atomic E-state index is 13.6. The molecule has 9 nitrogen and oxygen atoms in total. The highest BCUT2D eigenvalue weighted by molar-refractivity contribution is 7.93. The van der Waals surface area contributed by atoms with Crippen LogP contribution in [0.5, 0.6) is 5.75 Å². The van der Waals surface area contributed by atoms with Crippen molar-refractivity contribution >= 4 is 50.6 Å². The average molecular weight is 530 g/mol. The van der Waals surface area contributed by atoms with Gasteiger partial charge in [-0.2, -0.15) is 0 Å². The van der Waals surface area contributed by atoms with E-state index < -0.39 is 21.9 Å². The van der Waals surface area contributed by atoms with Crippen LogP contribution >= 0.6 is 11.6 Å². The minimum atomic E-state index is -4.05. The van der Waals surface area contributed by atoms with Gasteiger partial charge in [0.15, 0.2) is 0 Å². The van der Waals surface area contributed by atoms with Gasteiger partial charge in [-0.05, 0) is 67.6 Å². The predicted molar refractivity (Wildman–Crippen MR) is 138 cm³/mol. The Morgan fingerprint density at radius 2 is 1.78 bits per heavy atom. The van der Waals surface area contributed by atoms with Crippen molar-refractivity contribution in [3.05, 3.63) is 76.8 Å². The van der Waals surface area contributed by atoms with E-state index in [-0.39, 0.29) is 34.4 Å². The summed E-state index contributed by atoms with van der Waals surface area (Å²) in [5.74, 6) is -0.722. The van der Waals surface area contributed by atoms with Crippen molar-refractivity contribution in [2.45, 2.75) is 11.8 Å². The first-order valence-corrected chi connectivity index (χ1v) is 12.9. The van der Waals surface area contributed by atoms with E-state index in [9.17, 15) is 18.0 Å². The van der Waals surface area contributed by atoms with Crippen LogP contribution in [0, 0.1) is 0 Å². The van der Waals surface area contributed by atoms with Crippen molar-refractivity contribution in [1.82, 2.24) is 0 Å². The third kappa shape index (κ3) is 5.09. The van der Waals surface area contributed by atoms with Crippen LogP contribution in [0.25, 0.3) is 0 Å². The summed E-state index contributed by atoms with van der Waals surface area (Å²) in [6, 6.07) is 15.4. The zero-order chi connectivity index (χ0) is 25.9. The minimum absolute atomic E-state index is 0.0677. The molecule has 0 atom stereocenters. The smallest absolute Gasteiger partial charge is 0.338 e. The van der Waals surface area contributed by atoms with Crippen molar-refractivity contribution in [3.8, 4) is 5.75 Å². The molecular formula is C25H24ClN3O6S. The maximum atomic E-state index is 13.6. The third-order valence-corrected chi connectivity index (χ3v) is 7.58. The van der Waals surface area contributed by atoms with Crippen LogP contribution in [0.1, 0.15) is 27.6 Å². The van der Waals surface area contributed by atoms with Gasteiger partial charge in [0, 0.05) is 22.8 Å². The number of ether oxygens (including phenoxy) is 2. The summed E-state index contributed by atoms with van der Waals surface area (Å²) in [6.45, 7) is 2.51. The molecule has 3 aromatic rings. The van der Waals surface area contributed by atoms with Crippen LogP contribution < -0.4 is 19.7 Å². The molecule has 1 heterocycles. The van der Waals surface area contributed by atoms with Gasteiger partial charge in [0.05, 0.1) is 37.2 Å². The second-order valence-electron chi connectivity index (χ2n) is 7.78. The quantitative estimate of drug-likeness (QED) is 0.436. The zero-order valence-electron chi connectivity index (χ0n) is 19.6. The Labute approximate surface area is 214 Å². The SMILES string of the molecule is CCOC(=O)c1ccc(NC(=O)c2ccc3c(c2)N(S(=O)(=O)c2cc(Cl)ccc2OC)CCN3)cc1. The lowest BCUT2D eigenvalue weighted by Gasteiger charge is -2.32. The summed E-state index contributed by atoms with van der Waals surface area (Å²) in [6.07, 6.45) is 0. The number of hydrogen-bond donors (Lipinski definition) is 2. The molecule has 1 aliphatic heterocycles. The Balaban J connectivity index is 1.62. The molecule has 36 heavy (non-hydrogen) atoms. The number of benzene rings is 3. The van der Waals surface area contributed by atoms with Gasteiger partial charge < -0.3 is 20.1 Å². The topological polar surface area (TPSA) is 114 Å². The van der Waals surface area contributed by atoms with E-state index in [1.807, 2.05) is 0 Å². The first-order chi connectivity index (χ1) is 17.2. The number of carbonyl (C=O) groups excluding carboxylic acids is 2. The molecule has 3 aromatic carbocycles. The number of carbonyl (C=O) groups is 2. The van der Waals surface area contributed by atoms with Gasteiger partial charge in [0.2, 0.25) is 0 Å². The molecule has 0 saturated carbocycles. The number of halogens is 1. The monoisotopic (exact) mass is 529 g/mol. The van der Waals surface area contributed by atoms with E-state index in [0.717, 1.165) is 0 Å². The average Bonchev–Trinajstić information content (AvgIpc) is 2.88. The van der Waals surface area contributed by atoms with Gasteiger partial charge in [-0.25, -0.2) is 13.2 Å². The van der Waals surface area contributed by atoms with E-state index in [2.05, 4.69) is 10.6 Å². The van der Waals surface area contributed by atoms with Crippen LogP contribution in [0.3, 0.4) is 0 Å². The summed E-state index contributed by atoms with van der Waals surface area (Å²) < 4.78 is 38.7. The Morgan fingerprint density at radius 3 is 2.47 bits per heavy atom. The lowest BCUT2D eigenvalue weighted by Crippen LogP contribution is -2.39. The van der Waals surface area contributed by atoms with Crippen LogP contribution in [0.15, 0.2) is 65.6 Å². The highest BCUT2D eigenvalue weighted by atomic mass is 35.5. The number of hydrogen-bond acceptors (Lipinski definition) is 7. The molecule has 4 rings (SSSR count). The highest BCUT2D eigenvalue weighted by Crippen LogP contribution is 2.37. The van der Waals surface area contributed by atoms with Gasteiger partial charge in [0.25, 0.3) is 15.9 Å². The number of esters is 1. The largest absolute Gasteiger partial charge is 0.495 e. The molecule has 0 bridgehead atoms. The Kier molecular flexibility index (Phi) is 7.37. The molecule has 0 fully saturated rings. The van der Waals surface area contributed by atoms with Crippen molar-refractivity contribution in [2.24, 2.45) is 0 Å². The van der Waals surface area contributed by atoms with Gasteiger partial charge in [-0.3, -0.25) is 9.10 Å². The summed E-state index contributed by atoms with van der Waals surface area (Å²) in [4.78, 5) is 24.7. The van der Waals surface area contributed by atoms with Crippen molar-refractivity contribution in [3.63, 3.8) is 0 Å². The van der Waals surface area contributed by atoms with Gasteiger partial charge in [-0.1, -0.05) is 11.6 Å². The first-order valence-electron chi connectivity index (χ1n) is 11.1. The molecule has 1 aliphatic rings. The molecule has 2 N–H and O–H groups in total. The lowest BCUT2D eigenvalue weighted by atomic mass is 10.1. The number of anilines is 3. The van der Waals surface area contributed by atoms with Crippen LogP contribution in [-0.2, 0) is 14.8 Å². The number of fused-ring (bicyclic) bond motifs is 1. The number of methoxy groups -OCH3 is 1. The van der Waals surface area contributed by atoms with Crippen LogP contribution in [0.2, 0.25) is 5.02 Å². The normalized spacial score (nSPS) is 12.8. The Morgan fingerprint density at radius 1 is 1.06 bits per heavy atom. The number of amides is 1. The second kappa shape index (κ2) is 10.5. The van der Waals surface area contributed by atoms with Crippen molar-refractivity contribution in [2.75, 3.05) is 41.7 Å². The van der Waals surface area contributed by atoms with Crippen LogP contribution in [-0.4, -0.2) is 47.1 Å². The summed E-state index contributed by atoms with van der Waals surface area (Å²) in [5.41, 5.74) is 1.99. The van der Waals surface area contributed by atoms with E-state index in [0.29, 0.717) is 29.2 Å². The third-order valence-electron chi connectivity index (χ3n) is 5.51. The molecule has 0 aromatic heterocycles. The van der Waals surface area contributed by atoms with Gasteiger partial charge in [-0.15, -0.1) is 0 Å². The van der Waals surface area contributed by atoms with Gasteiger partial charge >= 0.3 is 5.97 Å². The Hall–Kier alpha value is -3.76. The van der Waals surface area contributed by atoms with E-state index in [4.69, 9.17) is 21.1 Å². The molecule has 188 valence electrons. The fourth-order valence-corrected chi connectivity index (χ4v) is 5.67. The standard InChI is InChI=1S/C25H24ClN3O6S/c1-3-35-25(31)16-4-8-19(9-5-16)28-24(30)17-6-10-20-21(14-17)29(13-12-27-20)36(32,33)23-15-18(26)7-11-22(23)34-2/h4-11,14-15,27H,3,12-13H2,1-2H3,(H,28,30). The van der Waals surface area contributed by atoms with Gasteiger partial charge in [0.1, 0.15) is 10.6 Å². The van der Waals surface area contributed by atoms with Crippen molar-refractivity contribution < 1.29 is 27.5 Å². The predicted octanol–water partition coefficient (Wildman–Crippen LogP) is 4.40. The number of nitrogens with zero attached hydrogens (tertiary/aromatic N) is 1. The minimum Gasteiger partial charge on any atom is -0.495 e. The highest BCUT2D eigenvalue weighted by Gasteiger charge is 2.32. The fourth-order valence-electron chi connectivity index (χ4n) is 3.77. The number of rotatable bonds is 7.